The Morgan fingerprint density at radius 1 is 1.22 bits per heavy atom. The first kappa shape index (κ1) is 22.1. The number of hydrogen-bond acceptors (Lipinski definition) is 5. The smallest absolute Gasteiger partial charge is 0.222 e. The van der Waals surface area contributed by atoms with Crippen molar-refractivity contribution in [2.75, 3.05) is 38.6 Å². The van der Waals surface area contributed by atoms with Gasteiger partial charge in [-0.3, -0.25) is 14.6 Å². The van der Waals surface area contributed by atoms with E-state index in [9.17, 15) is 9.59 Å². The predicted octanol–water partition coefficient (Wildman–Crippen LogP) is 3.86. The number of nitrogens with one attached hydrogen (secondary N) is 1. The number of amides is 2. The Balaban J connectivity index is 1.33. The first-order chi connectivity index (χ1) is 15.5. The second-order valence-electron chi connectivity index (χ2n) is 8.69. The minimum atomic E-state index is 0.182. The standard InChI is InChI=1S/C25H32N4O3/c1-18-14-21(27-20-6-3-7-22(15-20)32-2)16-23(26-18)19-10-13-29(17-19)25(31)9-5-12-28-11-4-8-24(28)30/h3,6-7,14-16,19H,4-5,8-13,17H2,1-2H3,(H,26,27)/t19-/m1/s1. The molecule has 7 nitrogen and oxygen atoms in total. The third-order valence-corrected chi connectivity index (χ3v) is 6.28. The van der Waals surface area contributed by atoms with E-state index in [4.69, 9.17) is 9.72 Å². The molecule has 2 aromatic rings. The van der Waals surface area contributed by atoms with Crippen LogP contribution in [0.3, 0.4) is 0 Å². The van der Waals surface area contributed by atoms with Gasteiger partial charge in [0.05, 0.1) is 7.11 Å². The number of methoxy groups -OCH3 is 1. The normalized spacial score (nSPS) is 18.3. The number of rotatable bonds is 8. The zero-order valence-corrected chi connectivity index (χ0v) is 19.0. The molecule has 0 unspecified atom stereocenters. The summed E-state index contributed by atoms with van der Waals surface area (Å²) in [5.74, 6) is 1.45. The van der Waals surface area contributed by atoms with Crippen molar-refractivity contribution in [2.24, 2.45) is 0 Å². The third-order valence-electron chi connectivity index (χ3n) is 6.28. The monoisotopic (exact) mass is 436 g/mol. The molecule has 3 heterocycles. The summed E-state index contributed by atoms with van der Waals surface area (Å²) in [6.07, 6.45) is 3.76. The molecule has 32 heavy (non-hydrogen) atoms. The number of anilines is 2. The first-order valence-electron chi connectivity index (χ1n) is 11.5. The van der Waals surface area contributed by atoms with E-state index in [0.717, 1.165) is 60.9 Å². The number of carbonyl (C=O) groups excluding carboxylic acids is 2. The Morgan fingerprint density at radius 2 is 2.09 bits per heavy atom. The van der Waals surface area contributed by atoms with Crippen LogP contribution in [0.1, 0.15) is 49.4 Å². The predicted molar refractivity (Wildman–Crippen MR) is 124 cm³/mol. The SMILES string of the molecule is COc1cccc(Nc2cc(C)nc([C@@H]3CCN(C(=O)CCCN4CCCC4=O)C3)c2)c1. The lowest BCUT2D eigenvalue weighted by molar-refractivity contribution is -0.131. The van der Waals surface area contributed by atoms with E-state index >= 15 is 0 Å². The Labute approximate surface area is 189 Å². The highest BCUT2D eigenvalue weighted by Crippen LogP contribution is 2.30. The average molecular weight is 437 g/mol. The number of likely N-dealkylation sites (tertiary alicyclic amines) is 2. The summed E-state index contributed by atoms with van der Waals surface area (Å²) in [6.45, 7) is 5.00. The molecular formula is C25H32N4O3. The lowest BCUT2D eigenvalue weighted by atomic mass is 10.0. The maximum atomic E-state index is 12.7. The van der Waals surface area contributed by atoms with Gasteiger partial charge in [0, 0.05) is 73.8 Å². The van der Waals surface area contributed by atoms with Crippen molar-refractivity contribution in [1.29, 1.82) is 0 Å². The van der Waals surface area contributed by atoms with Crippen LogP contribution in [0.15, 0.2) is 36.4 Å². The lowest BCUT2D eigenvalue weighted by Gasteiger charge is -2.19. The fraction of sp³-hybridized carbons (Fsp3) is 0.480. The summed E-state index contributed by atoms with van der Waals surface area (Å²) >= 11 is 0. The molecule has 4 rings (SSSR count). The quantitative estimate of drug-likeness (QED) is 0.680. The minimum Gasteiger partial charge on any atom is -0.497 e. The molecule has 170 valence electrons. The van der Waals surface area contributed by atoms with Crippen LogP contribution in [0, 0.1) is 6.92 Å². The van der Waals surface area contributed by atoms with Crippen LogP contribution in [0.5, 0.6) is 5.75 Å². The molecule has 2 amide bonds. The molecule has 1 aromatic heterocycles. The zero-order valence-electron chi connectivity index (χ0n) is 19.0. The number of ether oxygens (including phenoxy) is 1. The maximum absolute atomic E-state index is 12.7. The summed E-state index contributed by atoms with van der Waals surface area (Å²) in [5, 5.41) is 3.44. The van der Waals surface area contributed by atoms with E-state index in [1.165, 1.54) is 0 Å². The molecule has 2 saturated heterocycles. The summed E-state index contributed by atoms with van der Waals surface area (Å²) in [7, 11) is 1.66. The van der Waals surface area contributed by atoms with Crippen LogP contribution in [0.25, 0.3) is 0 Å². The van der Waals surface area contributed by atoms with E-state index in [-0.39, 0.29) is 17.7 Å². The van der Waals surface area contributed by atoms with Crippen LogP contribution in [-0.4, -0.2) is 59.9 Å². The van der Waals surface area contributed by atoms with Gasteiger partial charge in [0.2, 0.25) is 11.8 Å². The van der Waals surface area contributed by atoms with Crippen LogP contribution in [-0.2, 0) is 9.59 Å². The number of benzene rings is 1. The van der Waals surface area contributed by atoms with Crippen LogP contribution in [0.4, 0.5) is 11.4 Å². The number of hydrogen-bond donors (Lipinski definition) is 1. The summed E-state index contributed by atoms with van der Waals surface area (Å²) in [5.41, 5.74) is 3.92. The Bertz CT molecular complexity index is 977. The van der Waals surface area contributed by atoms with E-state index < -0.39 is 0 Å². The second-order valence-corrected chi connectivity index (χ2v) is 8.69. The van der Waals surface area contributed by atoms with E-state index in [1.54, 1.807) is 7.11 Å². The topological polar surface area (TPSA) is 74.8 Å². The van der Waals surface area contributed by atoms with Gasteiger partial charge < -0.3 is 19.9 Å². The van der Waals surface area contributed by atoms with Crippen molar-refractivity contribution in [2.45, 2.75) is 44.9 Å². The van der Waals surface area contributed by atoms with Crippen molar-refractivity contribution >= 4 is 23.2 Å². The Morgan fingerprint density at radius 3 is 2.88 bits per heavy atom. The number of carbonyl (C=O) groups is 2. The van der Waals surface area contributed by atoms with Gasteiger partial charge in [-0.2, -0.15) is 0 Å². The van der Waals surface area contributed by atoms with Crippen LogP contribution in [0.2, 0.25) is 0 Å². The summed E-state index contributed by atoms with van der Waals surface area (Å²) in [6, 6.07) is 12.0. The van der Waals surface area contributed by atoms with Crippen LogP contribution >= 0.6 is 0 Å². The number of pyridine rings is 1. The van der Waals surface area contributed by atoms with E-state index in [2.05, 4.69) is 11.4 Å². The van der Waals surface area contributed by atoms with Crippen molar-refractivity contribution in [3.8, 4) is 5.75 Å². The third kappa shape index (κ3) is 5.39. The first-order valence-corrected chi connectivity index (χ1v) is 11.5. The molecule has 0 bridgehead atoms. The van der Waals surface area contributed by atoms with Gasteiger partial charge in [-0.15, -0.1) is 0 Å². The minimum absolute atomic E-state index is 0.182. The van der Waals surface area contributed by atoms with Gasteiger partial charge in [-0.1, -0.05) is 6.07 Å². The average Bonchev–Trinajstić information content (AvgIpc) is 3.43. The molecule has 1 N–H and O–H groups in total. The molecule has 2 fully saturated rings. The highest BCUT2D eigenvalue weighted by Gasteiger charge is 2.28. The van der Waals surface area contributed by atoms with Gasteiger partial charge in [0.25, 0.3) is 0 Å². The molecule has 2 aliphatic heterocycles. The Hall–Kier alpha value is -3.09. The molecule has 0 spiro atoms. The van der Waals surface area contributed by atoms with Gasteiger partial charge in [0.1, 0.15) is 5.75 Å². The fourth-order valence-electron chi connectivity index (χ4n) is 4.59. The molecular weight excluding hydrogens is 404 g/mol. The zero-order chi connectivity index (χ0) is 22.5. The molecule has 1 aromatic carbocycles. The molecule has 0 saturated carbocycles. The number of nitrogens with zero attached hydrogens (tertiary/aromatic N) is 3. The van der Waals surface area contributed by atoms with Crippen LogP contribution < -0.4 is 10.1 Å². The van der Waals surface area contributed by atoms with E-state index in [1.807, 2.05) is 47.1 Å². The molecule has 2 aliphatic rings. The maximum Gasteiger partial charge on any atom is 0.222 e. The summed E-state index contributed by atoms with van der Waals surface area (Å²) in [4.78, 5) is 33.0. The second kappa shape index (κ2) is 10.0. The van der Waals surface area contributed by atoms with Gasteiger partial charge in [0.15, 0.2) is 0 Å². The molecule has 0 radical (unpaired) electrons. The van der Waals surface area contributed by atoms with Gasteiger partial charge in [-0.05, 0) is 50.5 Å². The van der Waals surface area contributed by atoms with Crippen molar-refractivity contribution in [3.05, 3.63) is 47.8 Å². The lowest BCUT2D eigenvalue weighted by Crippen LogP contribution is -2.30. The number of aromatic nitrogens is 1. The fourth-order valence-corrected chi connectivity index (χ4v) is 4.59. The largest absolute Gasteiger partial charge is 0.497 e. The van der Waals surface area contributed by atoms with Gasteiger partial charge >= 0.3 is 0 Å². The Kier molecular flexibility index (Phi) is 6.93. The molecule has 0 aliphatic carbocycles. The van der Waals surface area contributed by atoms with Gasteiger partial charge in [-0.25, -0.2) is 0 Å². The summed E-state index contributed by atoms with van der Waals surface area (Å²) < 4.78 is 5.31. The van der Waals surface area contributed by atoms with E-state index in [0.29, 0.717) is 25.9 Å². The van der Waals surface area contributed by atoms with Crippen molar-refractivity contribution in [3.63, 3.8) is 0 Å². The number of aryl methyl sites for hydroxylation is 1. The van der Waals surface area contributed by atoms with Crippen molar-refractivity contribution in [1.82, 2.24) is 14.8 Å². The van der Waals surface area contributed by atoms with Crippen molar-refractivity contribution < 1.29 is 14.3 Å². The molecule has 7 heteroatoms. The highest BCUT2D eigenvalue weighted by molar-refractivity contribution is 5.78. The molecule has 1 atom stereocenters. The highest BCUT2D eigenvalue weighted by atomic mass is 16.5.